The molecule has 0 aliphatic heterocycles. The first kappa shape index (κ1) is 24.8. The van der Waals surface area contributed by atoms with Gasteiger partial charge < -0.3 is 18.9 Å². The number of carbonyl (C=O) groups is 4. The molecule has 4 bridgehead atoms. The van der Waals surface area contributed by atoms with Gasteiger partial charge in [0.2, 0.25) is 0 Å². The molecule has 194 valence electrons. The molecule has 8 heteroatoms. The third-order valence-corrected chi connectivity index (χ3v) is 9.70. The molecule has 1 aromatic rings. The minimum Gasteiger partial charge on any atom is -0.469 e. The number of fused-ring (bicyclic) bond motifs is 4. The summed E-state index contributed by atoms with van der Waals surface area (Å²) in [7, 11) is 5.47. The summed E-state index contributed by atoms with van der Waals surface area (Å²) in [5, 5.41) is 0. The average molecular weight is 499 g/mol. The van der Waals surface area contributed by atoms with Crippen molar-refractivity contribution in [2.75, 3.05) is 28.4 Å². The molecule has 5 rings (SSSR count). The second-order valence-electron chi connectivity index (χ2n) is 10.9. The van der Waals surface area contributed by atoms with Crippen LogP contribution in [0.1, 0.15) is 48.6 Å². The number of hydrogen-bond donors (Lipinski definition) is 0. The van der Waals surface area contributed by atoms with E-state index in [1.54, 1.807) is 0 Å². The van der Waals surface area contributed by atoms with E-state index < -0.39 is 23.7 Å². The van der Waals surface area contributed by atoms with Gasteiger partial charge in [0.15, 0.2) is 0 Å². The van der Waals surface area contributed by atoms with E-state index >= 15 is 0 Å². The fourth-order valence-corrected chi connectivity index (χ4v) is 8.34. The van der Waals surface area contributed by atoms with Gasteiger partial charge in [-0.2, -0.15) is 0 Å². The van der Waals surface area contributed by atoms with Crippen LogP contribution in [-0.4, -0.2) is 52.3 Å². The number of methoxy groups -OCH3 is 4. The first-order valence-corrected chi connectivity index (χ1v) is 12.8. The molecule has 0 amide bonds. The molecule has 0 saturated heterocycles. The van der Waals surface area contributed by atoms with E-state index in [-0.39, 0.29) is 59.4 Å². The smallest absolute Gasteiger partial charge is 0.309 e. The first-order valence-electron chi connectivity index (χ1n) is 12.8. The zero-order chi connectivity index (χ0) is 25.7. The van der Waals surface area contributed by atoms with Crippen LogP contribution in [0.15, 0.2) is 24.3 Å². The summed E-state index contributed by atoms with van der Waals surface area (Å²) in [5.41, 5.74) is 2.31. The summed E-state index contributed by atoms with van der Waals surface area (Å²) in [6.45, 7) is 0. The predicted molar refractivity (Wildman–Crippen MR) is 126 cm³/mol. The summed E-state index contributed by atoms with van der Waals surface area (Å²) in [6, 6.07) is 8.50. The van der Waals surface area contributed by atoms with E-state index in [0.717, 1.165) is 36.8 Å². The molecule has 0 spiro atoms. The van der Waals surface area contributed by atoms with Crippen LogP contribution in [0.4, 0.5) is 0 Å². The lowest BCUT2D eigenvalue weighted by atomic mass is 9.70. The van der Waals surface area contributed by atoms with Crippen molar-refractivity contribution in [2.24, 2.45) is 47.3 Å². The second-order valence-corrected chi connectivity index (χ2v) is 10.9. The molecule has 10 unspecified atom stereocenters. The summed E-state index contributed by atoms with van der Waals surface area (Å²) >= 11 is 0. The van der Waals surface area contributed by atoms with Gasteiger partial charge in [0.1, 0.15) is 0 Å². The lowest BCUT2D eigenvalue weighted by Gasteiger charge is -2.34. The van der Waals surface area contributed by atoms with E-state index in [1.807, 2.05) is 0 Å². The number of benzene rings is 1. The van der Waals surface area contributed by atoms with Crippen LogP contribution in [-0.2, 0) is 38.1 Å². The molecule has 4 aliphatic carbocycles. The lowest BCUT2D eigenvalue weighted by Crippen LogP contribution is -2.39. The fraction of sp³-hybridized carbons (Fsp3) is 0.643. The number of hydrogen-bond acceptors (Lipinski definition) is 8. The molecule has 4 aliphatic rings. The van der Waals surface area contributed by atoms with Crippen molar-refractivity contribution in [2.45, 2.75) is 37.5 Å². The van der Waals surface area contributed by atoms with Crippen LogP contribution in [0, 0.1) is 47.3 Å². The second kappa shape index (κ2) is 9.52. The molecular formula is C28H34O8. The van der Waals surface area contributed by atoms with Crippen LogP contribution in [0.3, 0.4) is 0 Å². The van der Waals surface area contributed by atoms with Gasteiger partial charge in [-0.1, -0.05) is 24.3 Å². The van der Waals surface area contributed by atoms with Crippen molar-refractivity contribution in [3.8, 4) is 0 Å². The summed E-state index contributed by atoms with van der Waals surface area (Å²) in [4.78, 5) is 50.1. The highest BCUT2D eigenvalue weighted by Gasteiger charge is 2.60. The van der Waals surface area contributed by atoms with Crippen molar-refractivity contribution in [3.63, 3.8) is 0 Å². The molecule has 0 aromatic heterocycles. The van der Waals surface area contributed by atoms with E-state index in [2.05, 4.69) is 24.3 Å². The van der Waals surface area contributed by atoms with Crippen LogP contribution < -0.4 is 0 Å². The molecule has 10 atom stereocenters. The van der Waals surface area contributed by atoms with Gasteiger partial charge in [0.05, 0.1) is 52.1 Å². The highest BCUT2D eigenvalue weighted by atomic mass is 16.5. The van der Waals surface area contributed by atoms with Crippen molar-refractivity contribution in [3.05, 3.63) is 35.4 Å². The Labute approximate surface area is 211 Å². The van der Waals surface area contributed by atoms with Crippen molar-refractivity contribution in [1.29, 1.82) is 0 Å². The zero-order valence-electron chi connectivity index (χ0n) is 21.2. The number of rotatable bonds is 6. The van der Waals surface area contributed by atoms with Gasteiger partial charge in [0, 0.05) is 0 Å². The SMILES string of the molecule is COC(=O)C1C2CC(c3ccc(C4CC5CC4C(C(=O)OC)C5C(=O)OC)cc3)C(C2)C1C(=O)OC. The number of esters is 4. The standard InChI is InChI=1S/C28H34O8/c1-33-25(29)21-15-9-17(19(11-15)23(21)27(31)35-3)13-5-7-14(8-6-13)18-10-16-12-20(18)24(28(32)36-4)22(16)26(30)34-2/h5-8,15-24H,9-12H2,1-4H3. The van der Waals surface area contributed by atoms with Gasteiger partial charge in [0.25, 0.3) is 0 Å². The van der Waals surface area contributed by atoms with E-state index in [4.69, 9.17) is 18.9 Å². The van der Waals surface area contributed by atoms with Gasteiger partial charge in [-0.15, -0.1) is 0 Å². The Hall–Kier alpha value is -2.90. The molecule has 0 N–H and O–H groups in total. The third kappa shape index (κ3) is 3.71. The zero-order valence-corrected chi connectivity index (χ0v) is 21.2. The minimum atomic E-state index is -0.479. The van der Waals surface area contributed by atoms with E-state index in [1.165, 1.54) is 28.4 Å². The molecule has 36 heavy (non-hydrogen) atoms. The number of carbonyl (C=O) groups excluding carboxylic acids is 4. The monoisotopic (exact) mass is 498 g/mol. The maximum atomic E-state index is 12.6. The lowest BCUT2D eigenvalue weighted by molar-refractivity contribution is -0.160. The quantitative estimate of drug-likeness (QED) is 0.435. The largest absolute Gasteiger partial charge is 0.469 e. The molecule has 0 radical (unpaired) electrons. The molecule has 4 saturated carbocycles. The van der Waals surface area contributed by atoms with Crippen LogP contribution in [0.5, 0.6) is 0 Å². The molecule has 8 nitrogen and oxygen atoms in total. The van der Waals surface area contributed by atoms with Gasteiger partial charge in [-0.25, -0.2) is 0 Å². The fourth-order valence-electron chi connectivity index (χ4n) is 8.34. The van der Waals surface area contributed by atoms with Gasteiger partial charge >= 0.3 is 23.9 Å². The summed E-state index contributed by atoms with van der Waals surface area (Å²) in [6.07, 6.45) is 3.31. The van der Waals surface area contributed by atoms with Crippen molar-refractivity contribution in [1.82, 2.24) is 0 Å². The van der Waals surface area contributed by atoms with Crippen LogP contribution >= 0.6 is 0 Å². The van der Waals surface area contributed by atoms with Crippen molar-refractivity contribution >= 4 is 23.9 Å². The third-order valence-electron chi connectivity index (χ3n) is 9.70. The predicted octanol–water partition coefficient (Wildman–Crippen LogP) is 3.09. The summed E-state index contributed by atoms with van der Waals surface area (Å²) in [5.74, 6) is -2.48. The van der Waals surface area contributed by atoms with Gasteiger partial charge in [-0.05, 0) is 72.3 Å². The van der Waals surface area contributed by atoms with Gasteiger partial charge in [-0.3, -0.25) is 19.2 Å². The topological polar surface area (TPSA) is 105 Å². The molecule has 1 aromatic carbocycles. The highest BCUT2D eigenvalue weighted by molar-refractivity contribution is 5.84. The Balaban J connectivity index is 1.35. The van der Waals surface area contributed by atoms with Crippen molar-refractivity contribution < 1.29 is 38.1 Å². The van der Waals surface area contributed by atoms with Crippen LogP contribution in [0.2, 0.25) is 0 Å². The molecule has 0 heterocycles. The molecule has 4 fully saturated rings. The molecular weight excluding hydrogens is 464 g/mol. The Morgan fingerprint density at radius 3 is 1.14 bits per heavy atom. The Bertz CT molecular complexity index is 965. The first-order chi connectivity index (χ1) is 17.3. The highest BCUT2D eigenvalue weighted by Crippen LogP contribution is 2.61. The normalized spacial score (nSPS) is 38.0. The summed E-state index contributed by atoms with van der Waals surface area (Å²) < 4.78 is 20.1. The van der Waals surface area contributed by atoms with E-state index in [9.17, 15) is 19.2 Å². The Kier molecular flexibility index (Phi) is 6.55. The average Bonchev–Trinajstić information content (AvgIpc) is 3.69. The number of ether oxygens (including phenoxy) is 4. The van der Waals surface area contributed by atoms with Crippen LogP contribution in [0.25, 0.3) is 0 Å². The Morgan fingerprint density at radius 1 is 0.528 bits per heavy atom. The minimum absolute atomic E-state index is 0.0458. The van der Waals surface area contributed by atoms with E-state index in [0.29, 0.717) is 0 Å². The maximum Gasteiger partial charge on any atom is 0.309 e. The Morgan fingerprint density at radius 2 is 0.833 bits per heavy atom. The maximum absolute atomic E-state index is 12.6.